The van der Waals surface area contributed by atoms with Crippen molar-refractivity contribution in [3.8, 4) is 0 Å². The van der Waals surface area contributed by atoms with Crippen LogP contribution in [-0.2, 0) is 9.84 Å². The molecule has 1 heterocycles. The van der Waals surface area contributed by atoms with Gasteiger partial charge in [0.15, 0.2) is 15.6 Å². The molecule has 6 nitrogen and oxygen atoms in total. The SMILES string of the molecule is CC(=O)c1ccc(N2CCN(C(=O)c3cc(S(C)(=O)=O)ccc3Cl)CC2)c(F)c1. The second-order valence-electron chi connectivity index (χ2n) is 6.92. The highest BCUT2D eigenvalue weighted by molar-refractivity contribution is 7.90. The van der Waals surface area contributed by atoms with Crippen LogP contribution in [0.25, 0.3) is 0 Å². The average molecular weight is 439 g/mol. The van der Waals surface area contributed by atoms with Crippen LogP contribution in [0.1, 0.15) is 27.6 Å². The van der Waals surface area contributed by atoms with Crippen molar-refractivity contribution < 1.29 is 22.4 Å². The lowest BCUT2D eigenvalue weighted by Crippen LogP contribution is -2.49. The first-order chi connectivity index (χ1) is 13.6. The maximum atomic E-state index is 14.4. The Hall–Kier alpha value is -2.45. The summed E-state index contributed by atoms with van der Waals surface area (Å²) in [6.07, 6.45) is 1.06. The van der Waals surface area contributed by atoms with E-state index in [4.69, 9.17) is 11.6 Å². The summed E-state index contributed by atoms with van der Waals surface area (Å²) in [5, 5.41) is 0.177. The van der Waals surface area contributed by atoms with E-state index in [1.165, 1.54) is 31.2 Å². The molecule has 0 atom stereocenters. The van der Waals surface area contributed by atoms with Crippen molar-refractivity contribution in [2.45, 2.75) is 11.8 Å². The molecule has 29 heavy (non-hydrogen) atoms. The van der Waals surface area contributed by atoms with Crippen LogP contribution in [0.3, 0.4) is 0 Å². The molecule has 1 saturated heterocycles. The number of hydrogen-bond donors (Lipinski definition) is 0. The van der Waals surface area contributed by atoms with Gasteiger partial charge in [-0.3, -0.25) is 9.59 Å². The number of ketones is 1. The molecule has 1 amide bonds. The van der Waals surface area contributed by atoms with Gasteiger partial charge in [-0.05, 0) is 43.3 Å². The third kappa shape index (κ3) is 4.59. The lowest BCUT2D eigenvalue weighted by atomic mass is 10.1. The first kappa shape index (κ1) is 21.3. The molecule has 0 N–H and O–H groups in total. The van der Waals surface area contributed by atoms with Crippen LogP contribution in [-0.4, -0.2) is 57.4 Å². The Morgan fingerprint density at radius 3 is 2.24 bits per heavy atom. The quantitative estimate of drug-likeness (QED) is 0.686. The minimum absolute atomic E-state index is 0.0246. The minimum atomic E-state index is -3.47. The van der Waals surface area contributed by atoms with Crippen LogP contribution in [0, 0.1) is 5.82 Å². The molecule has 2 aromatic rings. The molecule has 0 spiro atoms. The van der Waals surface area contributed by atoms with E-state index in [-0.39, 0.29) is 27.2 Å². The predicted octanol–water partition coefficient (Wildman–Crippen LogP) is 3.05. The molecular weight excluding hydrogens is 419 g/mol. The van der Waals surface area contributed by atoms with Crippen LogP contribution in [0.5, 0.6) is 0 Å². The fourth-order valence-electron chi connectivity index (χ4n) is 3.20. The second-order valence-corrected chi connectivity index (χ2v) is 9.34. The largest absolute Gasteiger partial charge is 0.366 e. The maximum Gasteiger partial charge on any atom is 0.255 e. The molecule has 1 aliphatic heterocycles. The molecule has 0 bridgehead atoms. The van der Waals surface area contributed by atoms with Gasteiger partial charge in [0.2, 0.25) is 0 Å². The predicted molar refractivity (Wildman–Crippen MR) is 109 cm³/mol. The van der Waals surface area contributed by atoms with Crippen LogP contribution in [0.15, 0.2) is 41.3 Å². The maximum absolute atomic E-state index is 14.4. The number of nitrogens with zero attached hydrogens (tertiary/aromatic N) is 2. The van der Waals surface area contributed by atoms with Crippen LogP contribution >= 0.6 is 11.6 Å². The Kier molecular flexibility index (Phi) is 5.95. The first-order valence-corrected chi connectivity index (χ1v) is 11.2. The molecule has 0 unspecified atom stereocenters. The number of anilines is 1. The number of benzene rings is 2. The lowest BCUT2D eigenvalue weighted by molar-refractivity contribution is 0.0746. The molecule has 9 heteroatoms. The number of Topliss-reactive ketones (excluding diaryl/α,β-unsaturated/α-hetero) is 1. The molecule has 0 aliphatic carbocycles. The van der Waals surface area contributed by atoms with E-state index in [9.17, 15) is 22.4 Å². The Bertz CT molecular complexity index is 1080. The summed E-state index contributed by atoms with van der Waals surface area (Å²) >= 11 is 6.12. The van der Waals surface area contributed by atoms with E-state index in [1.807, 2.05) is 0 Å². The standard InChI is InChI=1S/C20H20ClFN2O4S/c1-13(25)14-3-6-19(18(22)11-14)23-7-9-24(10-8-23)20(26)16-12-15(29(2,27)28)4-5-17(16)21/h3-6,11-12H,7-10H2,1-2H3. The molecule has 0 radical (unpaired) electrons. The normalized spacial score (nSPS) is 14.8. The lowest BCUT2D eigenvalue weighted by Gasteiger charge is -2.36. The van der Waals surface area contributed by atoms with Crippen molar-refractivity contribution in [2.24, 2.45) is 0 Å². The highest BCUT2D eigenvalue weighted by Crippen LogP contribution is 2.25. The van der Waals surface area contributed by atoms with Gasteiger partial charge in [0.1, 0.15) is 5.82 Å². The van der Waals surface area contributed by atoms with Crippen LogP contribution < -0.4 is 4.90 Å². The molecule has 0 saturated carbocycles. The second kappa shape index (κ2) is 8.12. The number of sulfone groups is 1. The van der Waals surface area contributed by atoms with Crippen LogP contribution in [0.4, 0.5) is 10.1 Å². The smallest absolute Gasteiger partial charge is 0.255 e. The number of rotatable bonds is 4. The molecular formula is C20H20ClFN2O4S. The number of carbonyl (C=O) groups is 2. The molecule has 1 fully saturated rings. The van der Waals surface area contributed by atoms with Gasteiger partial charge in [-0.15, -0.1) is 0 Å². The van der Waals surface area contributed by atoms with Gasteiger partial charge in [0.05, 0.1) is 21.2 Å². The topological polar surface area (TPSA) is 74.8 Å². The number of amides is 1. The molecule has 154 valence electrons. The summed E-state index contributed by atoms with van der Waals surface area (Å²) in [5.41, 5.74) is 0.805. The summed E-state index contributed by atoms with van der Waals surface area (Å²) in [6, 6.07) is 8.40. The third-order valence-electron chi connectivity index (χ3n) is 4.86. The van der Waals surface area contributed by atoms with Gasteiger partial charge < -0.3 is 9.80 Å². The molecule has 0 aromatic heterocycles. The Labute approximate surface area is 173 Å². The minimum Gasteiger partial charge on any atom is -0.366 e. The third-order valence-corrected chi connectivity index (χ3v) is 6.30. The zero-order chi connectivity index (χ0) is 21.3. The van der Waals surface area contributed by atoms with Gasteiger partial charge in [-0.1, -0.05) is 11.6 Å². The van der Waals surface area contributed by atoms with Gasteiger partial charge in [0, 0.05) is 38.0 Å². The van der Waals surface area contributed by atoms with Gasteiger partial charge in [-0.2, -0.15) is 0 Å². The fraction of sp³-hybridized carbons (Fsp3) is 0.300. The molecule has 3 rings (SSSR count). The van der Waals surface area contributed by atoms with Crippen molar-refractivity contribution in [2.75, 3.05) is 37.3 Å². The Morgan fingerprint density at radius 2 is 1.69 bits per heavy atom. The van der Waals surface area contributed by atoms with Crippen molar-refractivity contribution in [1.82, 2.24) is 4.90 Å². The van der Waals surface area contributed by atoms with Crippen molar-refractivity contribution >= 4 is 38.8 Å². The highest BCUT2D eigenvalue weighted by atomic mass is 35.5. The number of hydrogen-bond acceptors (Lipinski definition) is 5. The Balaban J connectivity index is 1.74. The van der Waals surface area contributed by atoms with Gasteiger partial charge >= 0.3 is 0 Å². The first-order valence-electron chi connectivity index (χ1n) is 8.92. The fourth-order valence-corrected chi connectivity index (χ4v) is 4.05. The van der Waals surface area contributed by atoms with Gasteiger partial charge in [-0.25, -0.2) is 12.8 Å². The van der Waals surface area contributed by atoms with E-state index < -0.39 is 15.7 Å². The summed E-state index contributed by atoms with van der Waals surface area (Å²) in [4.78, 5) is 27.6. The monoisotopic (exact) mass is 438 g/mol. The van der Waals surface area contributed by atoms with Gasteiger partial charge in [0.25, 0.3) is 5.91 Å². The van der Waals surface area contributed by atoms with E-state index >= 15 is 0 Å². The Morgan fingerprint density at radius 1 is 1.03 bits per heavy atom. The summed E-state index contributed by atoms with van der Waals surface area (Å²) < 4.78 is 37.9. The van der Waals surface area contributed by atoms with E-state index in [0.29, 0.717) is 37.4 Å². The van der Waals surface area contributed by atoms with E-state index in [0.717, 1.165) is 6.26 Å². The van der Waals surface area contributed by atoms with Crippen molar-refractivity contribution in [3.63, 3.8) is 0 Å². The van der Waals surface area contributed by atoms with E-state index in [1.54, 1.807) is 21.9 Å². The molecule has 1 aliphatic rings. The highest BCUT2D eigenvalue weighted by Gasteiger charge is 2.26. The zero-order valence-electron chi connectivity index (χ0n) is 16.0. The number of piperazine rings is 1. The number of halogens is 2. The summed E-state index contributed by atoms with van der Waals surface area (Å²) in [5.74, 6) is -1.06. The number of carbonyl (C=O) groups excluding carboxylic acids is 2. The summed E-state index contributed by atoms with van der Waals surface area (Å²) in [6.45, 7) is 2.82. The molecule has 2 aromatic carbocycles. The van der Waals surface area contributed by atoms with Crippen LogP contribution in [0.2, 0.25) is 5.02 Å². The van der Waals surface area contributed by atoms with E-state index in [2.05, 4.69) is 0 Å². The van der Waals surface area contributed by atoms with Crippen molar-refractivity contribution in [3.05, 3.63) is 58.4 Å². The summed E-state index contributed by atoms with van der Waals surface area (Å²) in [7, 11) is -3.47. The average Bonchev–Trinajstić information content (AvgIpc) is 2.67. The van der Waals surface area contributed by atoms with Crippen molar-refractivity contribution in [1.29, 1.82) is 0 Å². The zero-order valence-corrected chi connectivity index (χ0v) is 17.6.